The number of thioether (sulfide) groups is 1. The minimum Gasteiger partial charge on any atom is -0.367 e. The molecule has 3 atom stereocenters. The van der Waals surface area contributed by atoms with E-state index in [1.54, 1.807) is 11.8 Å². The van der Waals surface area contributed by atoms with Crippen LogP contribution in [-0.4, -0.2) is 29.0 Å². The van der Waals surface area contributed by atoms with Gasteiger partial charge in [0.15, 0.2) is 6.29 Å². The first kappa shape index (κ1) is 11.0. The second-order valence-electron chi connectivity index (χ2n) is 3.80. The number of rotatable bonds is 2. The van der Waals surface area contributed by atoms with Crippen LogP contribution in [0.5, 0.6) is 0 Å². The fourth-order valence-electron chi connectivity index (χ4n) is 1.87. The predicted molar refractivity (Wildman–Crippen MR) is 63.1 cm³/mol. The highest BCUT2D eigenvalue weighted by atomic mass is 32.2. The first-order valence-electron chi connectivity index (χ1n) is 5.25. The third-order valence-corrected chi connectivity index (χ3v) is 4.21. The molecule has 0 radical (unpaired) electrons. The van der Waals surface area contributed by atoms with Crippen molar-refractivity contribution in [2.75, 3.05) is 12.4 Å². The summed E-state index contributed by atoms with van der Waals surface area (Å²) in [5.74, 6) is 1.30. The lowest BCUT2D eigenvalue weighted by atomic mass is 9.97. The SMILES string of the molecule is CC(c1ccccc1)C1SCCOC1O. The zero-order valence-electron chi connectivity index (χ0n) is 8.80. The normalized spacial score (nSPS) is 28.7. The Kier molecular flexibility index (Phi) is 3.67. The highest BCUT2D eigenvalue weighted by Gasteiger charge is 2.30. The molecule has 15 heavy (non-hydrogen) atoms. The Bertz CT molecular complexity index is 302. The van der Waals surface area contributed by atoms with Gasteiger partial charge in [-0.25, -0.2) is 0 Å². The van der Waals surface area contributed by atoms with E-state index in [9.17, 15) is 5.11 Å². The van der Waals surface area contributed by atoms with Gasteiger partial charge in [0.2, 0.25) is 0 Å². The molecule has 1 fully saturated rings. The Morgan fingerprint density at radius 1 is 1.40 bits per heavy atom. The van der Waals surface area contributed by atoms with Gasteiger partial charge < -0.3 is 9.84 Å². The van der Waals surface area contributed by atoms with E-state index in [2.05, 4.69) is 19.1 Å². The molecule has 2 nitrogen and oxygen atoms in total. The molecule has 3 heteroatoms. The van der Waals surface area contributed by atoms with Crippen molar-refractivity contribution < 1.29 is 9.84 Å². The molecule has 0 amide bonds. The third kappa shape index (κ3) is 2.54. The Labute approximate surface area is 94.6 Å². The van der Waals surface area contributed by atoms with E-state index < -0.39 is 6.29 Å². The largest absolute Gasteiger partial charge is 0.367 e. The number of ether oxygens (including phenoxy) is 1. The zero-order valence-corrected chi connectivity index (χ0v) is 9.61. The third-order valence-electron chi connectivity index (χ3n) is 2.78. The van der Waals surface area contributed by atoms with Gasteiger partial charge in [0.1, 0.15) is 0 Å². The molecule has 0 spiro atoms. The minimum atomic E-state index is -0.626. The van der Waals surface area contributed by atoms with Crippen molar-refractivity contribution in [3.8, 4) is 0 Å². The van der Waals surface area contributed by atoms with Gasteiger partial charge in [-0.1, -0.05) is 37.3 Å². The van der Waals surface area contributed by atoms with Crippen LogP contribution in [0.15, 0.2) is 30.3 Å². The molecular formula is C12H16O2S. The van der Waals surface area contributed by atoms with Crippen molar-refractivity contribution in [2.45, 2.75) is 24.4 Å². The number of benzene rings is 1. The Morgan fingerprint density at radius 3 is 2.80 bits per heavy atom. The molecule has 1 saturated heterocycles. The summed E-state index contributed by atoms with van der Waals surface area (Å²) < 4.78 is 5.27. The number of hydrogen-bond donors (Lipinski definition) is 1. The van der Waals surface area contributed by atoms with Crippen LogP contribution in [0, 0.1) is 0 Å². The summed E-state index contributed by atoms with van der Waals surface area (Å²) in [6.07, 6.45) is -0.626. The first-order chi connectivity index (χ1) is 7.29. The van der Waals surface area contributed by atoms with E-state index in [-0.39, 0.29) is 5.25 Å². The van der Waals surface area contributed by atoms with Crippen LogP contribution < -0.4 is 0 Å². The smallest absolute Gasteiger partial charge is 0.167 e. The number of aliphatic hydroxyl groups is 1. The van der Waals surface area contributed by atoms with E-state index in [1.165, 1.54) is 5.56 Å². The summed E-state index contributed by atoms with van der Waals surface area (Å²) in [6, 6.07) is 10.3. The Hall–Kier alpha value is -0.510. The van der Waals surface area contributed by atoms with Gasteiger partial charge in [-0.3, -0.25) is 0 Å². The monoisotopic (exact) mass is 224 g/mol. The fourth-order valence-corrected chi connectivity index (χ4v) is 3.02. The molecule has 0 saturated carbocycles. The van der Waals surface area contributed by atoms with E-state index in [0.717, 1.165) is 5.75 Å². The van der Waals surface area contributed by atoms with Crippen LogP contribution in [0.25, 0.3) is 0 Å². The zero-order chi connectivity index (χ0) is 10.7. The standard InChI is InChI=1S/C12H16O2S/c1-9(10-5-3-2-4-6-10)11-12(13)14-7-8-15-11/h2-6,9,11-13H,7-8H2,1H3. The van der Waals surface area contributed by atoms with Gasteiger partial charge in [-0.15, -0.1) is 0 Å². The van der Waals surface area contributed by atoms with Crippen LogP contribution in [0.1, 0.15) is 18.4 Å². The first-order valence-corrected chi connectivity index (χ1v) is 6.30. The average Bonchev–Trinajstić information content (AvgIpc) is 2.30. The summed E-state index contributed by atoms with van der Waals surface area (Å²) in [4.78, 5) is 0. The quantitative estimate of drug-likeness (QED) is 0.835. The van der Waals surface area contributed by atoms with E-state index in [1.807, 2.05) is 18.2 Å². The summed E-state index contributed by atoms with van der Waals surface area (Å²) in [5.41, 5.74) is 1.26. The molecule has 2 rings (SSSR count). The van der Waals surface area contributed by atoms with Crippen molar-refractivity contribution in [3.63, 3.8) is 0 Å². The summed E-state index contributed by atoms with van der Waals surface area (Å²) in [6.45, 7) is 2.80. The number of hydrogen-bond acceptors (Lipinski definition) is 3. The van der Waals surface area contributed by atoms with E-state index >= 15 is 0 Å². The van der Waals surface area contributed by atoms with Crippen LogP contribution in [0.2, 0.25) is 0 Å². The maximum absolute atomic E-state index is 9.76. The minimum absolute atomic E-state index is 0.154. The second-order valence-corrected chi connectivity index (χ2v) is 5.08. The molecule has 1 heterocycles. The van der Waals surface area contributed by atoms with Gasteiger partial charge in [-0.2, -0.15) is 11.8 Å². The molecule has 1 aromatic carbocycles. The van der Waals surface area contributed by atoms with Crippen molar-refractivity contribution >= 4 is 11.8 Å². The molecule has 0 aromatic heterocycles. The van der Waals surface area contributed by atoms with Gasteiger partial charge in [0, 0.05) is 5.75 Å². The van der Waals surface area contributed by atoms with Crippen LogP contribution in [0.3, 0.4) is 0 Å². The van der Waals surface area contributed by atoms with Crippen LogP contribution in [-0.2, 0) is 4.74 Å². The molecule has 1 aromatic rings. The molecule has 1 aliphatic rings. The van der Waals surface area contributed by atoms with E-state index in [4.69, 9.17) is 4.74 Å². The lowest BCUT2D eigenvalue weighted by molar-refractivity contribution is -0.101. The van der Waals surface area contributed by atoms with Crippen molar-refractivity contribution in [2.24, 2.45) is 0 Å². The van der Waals surface area contributed by atoms with Crippen LogP contribution in [0.4, 0.5) is 0 Å². The fraction of sp³-hybridized carbons (Fsp3) is 0.500. The Balaban J connectivity index is 2.09. The lowest BCUT2D eigenvalue weighted by Crippen LogP contribution is -2.35. The molecular weight excluding hydrogens is 208 g/mol. The molecule has 82 valence electrons. The molecule has 1 aliphatic heterocycles. The average molecular weight is 224 g/mol. The van der Waals surface area contributed by atoms with Gasteiger partial charge in [-0.05, 0) is 11.5 Å². The summed E-state index contributed by atoms with van der Waals surface area (Å²) in [7, 11) is 0. The maximum Gasteiger partial charge on any atom is 0.167 e. The Morgan fingerprint density at radius 2 is 2.13 bits per heavy atom. The highest BCUT2D eigenvalue weighted by Crippen LogP contribution is 2.33. The van der Waals surface area contributed by atoms with Gasteiger partial charge in [0.05, 0.1) is 11.9 Å². The van der Waals surface area contributed by atoms with Crippen molar-refractivity contribution in [1.29, 1.82) is 0 Å². The molecule has 3 unspecified atom stereocenters. The van der Waals surface area contributed by atoms with Gasteiger partial charge >= 0.3 is 0 Å². The maximum atomic E-state index is 9.76. The van der Waals surface area contributed by atoms with Crippen LogP contribution >= 0.6 is 11.8 Å². The lowest BCUT2D eigenvalue weighted by Gasteiger charge is -2.32. The molecule has 0 bridgehead atoms. The number of aliphatic hydroxyl groups excluding tert-OH is 1. The summed E-state index contributed by atoms with van der Waals surface area (Å²) >= 11 is 1.80. The highest BCUT2D eigenvalue weighted by molar-refractivity contribution is 8.00. The molecule has 0 aliphatic carbocycles. The molecule has 1 N–H and O–H groups in total. The second kappa shape index (κ2) is 5.01. The van der Waals surface area contributed by atoms with Gasteiger partial charge in [0.25, 0.3) is 0 Å². The summed E-state index contributed by atoms with van der Waals surface area (Å²) in [5, 5.41) is 9.91. The van der Waals surface area contributed by atoms with Crippen molar-refractivity contribution in [1.82, 2.24) is 0 Å². The topological polar surface area (TPSA) is 29.5 Å². The predicted octanol–water partition coefficient (Wildman–Crippen LogP) is 2.24. The van der Waals surface area contributed by atoms with E-state index in [0.29, 0.717) is 12.5 Å². The van der Waals surface area contributed by atoms with Crippen molar-refractivity contribution in [3.05, 3.63) is 35.9 Å².